The molecule has 0 aliphatic carbocycles. The predicted octanol–water partition coefficient (Wildman–Crippen LogP) is 1.39. The van der Waals surface area contributed by atoms with Gasteiger partial charge in [-0.1, -0.05) is 0 Å². The van der Waals surface area contributed by atoms with E-state index >= 15 is 0 Å². The standard InChI is InChI=1S/C11H22N2OS/c1-9(2)13-11(14)5-7-15-10-4-3-6-12-8-10/h9-10,12H,3-8H2,1-2H3,(H,13,14). The SMILES string of the molecule is CC(C)NC(=O)CCSC1CCCNC1. The Balaban J connectivity index is 2.02. The number of rotatable bonds is 5. The molecule has 0 aromatic rings. The van der Waals surface area contributed by atoms with E-state index in [2.05, 4.69) is 10.6 Å². The summed E-state index contributed by atoms with van der Waals surface area (Å²) in [6.45, 7) is 6.26. The van der Waals surface area contributed by atoms with Crippen molar-refractivity contribution in [2.45, 2.75) is 44.4 Å². The molecule has 1 amide bonds. The highest BCUT2D eigenvalue weighted by Gasteiger charge is 2.13. The molecule has 0 spiro atoms. The second kappa shape index (κ2) is 7.12. The number of nitrogens with one attached hydrogen (secondary N) is 2. The Bertz CT molecular complexity index is 191. The largest absolute Gasteiger partial charge is 0.354 e. The van der Waals surface area contributed by atoms with Crippen LogP contribution in [0.1, 0.15) is 33.1 Å². The van der Waals surface area contributed by atoms with Crippen LogP contribution in [0.2, 0.25) is 0 Å². The molecule has 0 saturated carbocycles. The summed E-state index contributed by atoms with van der Waals surface area (Å²) in [5.74, 6) is 1.13. The van der Waals surface area contributed by atoms with E-state index in [9.17, 15) is 4.79 Å². The van der Waals surface area contributed by atoms with Gasteiger partial charge in [0.2, 0.25) is 5.91 Å². The minimum Gasteiger partial charge on any atom is -0.354 e. The molecular weight excluding hydrogens is 208 g/mol. The van der Waals surface area contributed by atoms with Crippen LogP contribution in [0.15, 0.2) is 0 Å². The van der Waals surface area contributed by atoms with Gasteiger partial charge in [0, 0.05) is 30.0 Å². The van der Waals surface area contributed by atoms with Gasteiger partial charge >= 0.3 is 0 Å². The Kier molecular flexibility index (Phi) is 6.10. The summed E-state index contributed by atoms with van der Waals surface area (Å²) in [5, 5.41) is 7.01. The van der Waals surface area contributed by atoms with E-state index in [4.69, 9.17) is 0 Å². The van der Waals surface area contributed by atoms with Crippen LogP contribution in [-0.4, -0.2) is 36.0 Å². The van der Waals surface area contributed by atoms with E-state index in [1.807, 2.05) is 25.6 Å². The van der Waals surface area contributed by atoms with Crippen molar-refractivity contribution < 1.29 is 4.79 Å². The lowest BCUT2D eigenvalue weighted by Gasteiger charge is -2.22. The van der Waals surface area contributed by atoms with Gasteiger partial charge in [-0.15, -0.1) is 0 Å². The summed E-state index contributed by atoms with van der Waals surface area (Å²) in [4.78, 5) is 11.4. The highest BCUT2D eigenvalue weighted by Crippen LogP contribution is 2.18. The molecule has 1 aliphatic heterocycles. The van der Waals surface area contributed by atoms with Crippen molar-refractivity contribution in [3.05, 3.63) is 0 Å². The van der Waals surface area contributed by atoms with Gasteiger partial charge in [-0.05, 0) is 33.2 Å². The smallest absolute Gasteiger partial charge is 0.221 e. The number of piperidine rings is 1. The summed E-state index contributed by atoms with van der Waals surface area (Å²) in [6, 6.07) is 0.263. The van der Waals surface area contributed by atoms with Crippen LogP contribution in [0.25, 0.3) is 0 Å². The van der Waals surface area contributed by atoms with Gasteiger partial charge in [-0.2, -0.15) is 11.8 Å². The van der Waals surface area contributed by atoms with E-state index < -0.39 is 0 Å². The summed E-state index contributed by atoms with van der Waals surface area (Å²) in [5.41, 5.74) is 0. The van der Waals surface area contributed by atoms with Gasteiger partial charge in [0.05, 0.1) is 0 Å². The number of carbonyl (C=O) groups is 1. The monoisotopic (exact) mass is 230 g/mol. The van der Waals surface area contributed by atoms with Crippen LogP contribution in [0.4, 0.5) is 0 Å². The first-order chi connectivity index (χ1) is 7.18. The second-order valence-electron chi connectivity index (χ2n) is 4.31. The number of thioether (sulfide) groups is 1. The molecule has 1 heterocycles. The molecule has 3 nitrogen and oxygen atoms in total. The first-order valence-corrected chi connectivity index (χ1v) is 6.85. The molecule has 1 unspecified atom stereocenters. The highest BCUT2D eigenvalue weighted by molar-refractivity contribution is 7.99. The third-order valence-electron chi connectivity index (χ3n) is 2.38. The predicted molar refractivity (Wildman–Crippen MR) is 66.2 cm³/mol. The topological polar surface area (TPSA) is 41.1 Å². The van der Waals surface area contributed by atoms with Gasteiger partial charge in [-0.25, -0.2) is 0 Å². The van der Waals surface area contributed by atoms with Crippen LogP contribution in [0.5, 0.6) is 0 Å². The molecule has 1 aliphatic rings. The van der Waals surface area contributed by atoms with Crippen molar-refractivity contribution in [2.24, 2.45) is 0 Å². The van der Waals surface area contributed by atoms with Crippen molar-refractivity contribution in [1.29, 1.82) is 0 Å². The number of hydrogen-bond donors (Lipinski definition) is 2. The fourth-order valence-electron chi connectivity index (χ4n) is 1.67. The fraction of sp³-hybridized carbons (Fsp3) is 0.909. The Labute approximate surface area is 96.8 Å². The first-order valence-electron chi connectivity index (χ1n) is 5.80. The lowest BCUT2D eigenvalue weighted by Crippen LogP contribution is -2.33. The van der Waals surface area contributed by atoms with Crippen molar-refractivity contribution in [3.63, 3.8) is 0 Å². The van der Waals surface area contributed by atoms with Crippen molar-refractivity contribution in [1.82, 2.24) is 10.6 Å². The van der Waals surface area contributed by atoms with E-state index in [1.165, 1.54) is 12.8 Å². The van der Waals surface area contributed by atoms with Crippen LogP contribution >= 0.6 is 11.8 Å². The minimum atomic E-state index is 0.182. The van der Waals surface area contributed by atoms with Crippen LogP contribution in [-0.2, 0) is 4.79 Å². The number of carbonyl (C=O) groups excluding carboxylic acids is 1. The van der Waals surface area contributed by atoms with Crippen LogP contribution < -0.4 is 10.6 Å². The molecule has 0 bridgehead atoms. The van der Waals surface area contributed by atoms with Crippen molar-refractivity contribution in [2.75, 3.05) is 18.8 Å². The maximum Gasteiger partial charge on any atom is 0.221 e. The van der Waals surface area contributed by atoms with Crippen LogP contribution in [0, 0.1) is 0 Å². The average molecular weight is 230 g/mol. The Morgan fingerprint density at radius 1 is 1.60 bits per heavy atom. The Morgan fingerprint density at radius 3 is 3.00 bits per heavy atom. The van der Waals surface area contributed by atoms with Gasteiger partial charge in [-0.3, -0.25) is 4.79 Å². The molecule has 1 atom stereocenters. The van der Waals surface area contributed by atoms with Gasteiger partial charge < -0.3 is 10.6 Å². The molecular formula is C11H22N2OS. The van der Waals surface area contributed by atoms with E-state index in [-0.39, 0.29) is 11.9 Å². The zero-order valence-electron chi connectivity index (χ0n) is 9.71. The quantitative estimate of drug-likeness (QED) is 0.750. The highest BCUT2D eigenvalue weighted by atomic mass is 32.2. The summed E-state index contributed by atoms with van der Waals surface area (Å²) in [7, 11) is 0. The first kappa shape index (κ1) is 12.8. The average Bonchev–Trinajstić information content (AvgIpc) is 2.18. The molecule has 0 radical (unpaired) electrons. The van der Waals surface area contributed by atoms with E-state index in [0.29, 0.717) is 11.7 Å². The fourth-order valence-corrected chi connectivity index (χ4v) is 2.88. The molecule has 1 saturated heterocycles. The summed E-state index contributed by atoms with van der Waals surface area (Å²) >= 11 is 1.93. The van der Waals surface area contributed by atoms with Gasteiger partial charge in [0.25, 0.3) is 0 Å². The minimum absolute atomic E-state index is 0.182. The third-order valence-corrected chi connectivity index (χ3v) is 3.70. The summed E-state index contributed by atoms with van der Waals surface area (Å²) in [6.07, 6.45) is 3.22. The number of hydrogen-bond acceptors (Lipinski definition) is 3. The van der Waals surface area contributed by atoms with E-state index in [0.717, 1.165) is 18.8 Å². The van der Waals surface area contributed by atoms with Crippen molar-refractivity contribution in [3.8, 4) is 0 Å². The van der Waals surface area contributed by atoms with Gasteiger partial charge in [0.1, 0.15) is 0 Å². The second-order valence-corrected chi connectivity index (χ2v) is 5.72. The zero-order valence-corrected chi connectivity index (χ0v) is 10.5. The molecule has 1 rings (SSSR count). The molecule has 2 N–H and O–H groups in total. The molecule has 15 heavy (non-hydrogen) atoms. The maximum absolute atomic E-state index is 11.4. The molecule has 4 heteroatoms. The van der Waals surface area contributed by atoms with Crippen LogP contribution in [0.3, 0.4) is 0 Å². The zero-order chi connectivity index (χ0) is 11.1. The Morgan fingerprint density at radius 2 is 2.40 bits per heavy atom. The Hall–Kier alpha value is -0.220. The molecule has 1 fully saturated rings. The van der Waals surface area contributed by atoms with E-state index in [1.54, 1.807) is 0 Å². The summed E-state index contributed by atoms with van der Waals surface area (Å²) < 4.78 is 0. The normalized spacial score (nSPS) is 21.7. The molecule has 0 aromatic carbocycles. The molecule has 88 valence electrons. The van der Waals surface area contributed by atoms with Gasteiger partial charge in [0.15, 0.2) is 0 Å². The lowest BCUT2D eigenvalue weighted by molar-refractivity contribution is -0.121. The lowest BCUT2D eigenvalue weighted by atomic mass is 10.2. The number of amides is 1. The van der Waals surface area contributed by atoms with Crippen molar-refractivity contribution >= 4 is 17.7 Å². The molecule has 0 aromatic heterocycles. The third kappa shape index (κ3) is 6.05. The maximum atomic E-state index is 11.4.